The lowest BCUT2D eigenvalue weighted by Gasteiger charge is -2.01. The van der Waals surface area contributed by atoms with Crippen LogP contribution in [0.3, 0.4) is 0 Å². The number of aromatic carboxylic acids is 1. The Kier molecular flexibility index (Phi) is 2.44. The minimum absolute atomic E-state index is 0.151. The molecule has 0 aliphatic carbocycles. The monoisotopic (exact) mass is 217 g/mol. The van der Waals surface area contributed by atoms with Crippen molar-refractivity contribution in [1.29, 1.82) is 0 Å². The number of carboxylic acids is 1. The number of hydrogen-bond acceptors (Lipinski definition) is 3. The molecule has 2 aromatic heterocycles. The Balaban J connectivity index is 2.60. The van der Waals surface area contributed by atoms with Crippen molar-refractivity contribution < 1.29 is 9.90 Å². The van der Waals surface area contributed by atoms with Crippen molar-refractivity contribution in [3.63, 3.8) is 0 Å². The van der Waals surface area contributed by atoms with E-state index in [1.807, 2.05) is 19.1 Å². The molecule has 0 fully saturated rings. The van der Waals surface area contributed by atoms with E-state index in [0.717, 1.165) is 5.69 Å². The number of aryl methyl sites for hydroxylation is 2. The predicted molar refractivity (Wildman–Crippen MR) is 58.1 cm³/mol. The van der Waals surface area contributed by atoms with Crippen LogP contribution in [0, 0.1) is 6.92 Å². The van der Waals surface area contributed by atoms with E-state index in [-0.39, 0.29) is 5.69 Å². The van der Waals surface area contributed by atoms with Crippen LogP contribution in [-0.2, 0) is 7.05 Å². The highest BCUT2D eigenvalue weighted by molar-refractivity contribution is 5.93. The van der Waals surface area contributed by atoms with Crippen LogP contribution in [-0.4, -0.2) is 25.8 Å². The van der Waals surface area contributed by atoms with Crippen LogP contribution < -0.4 is 0 Å². The van der Waals surface area contributed by atoms with Gasteiger partial charge in [-0.05, 0) is 19.1 Å². The van der Waals surface area contributed by atoms with Crippen LogP contribution in [0.5, 0.6) is 0 Å². The number of nitrogens with zero attached hydrogens (tertiary/aromatic N) is 3. The maximum Gasteiger partial charge on any atom is 0.354 e. The summed E-state index contributed by atoms with van der Waals surface area (Å²) in [6, 6.07) is 5.48. The molecule has 2 aromatic rings. The molecule has 5 heteroatoms. The fourth-order valence-corrected chi connectivity index (χ4v) is 1.57. The molecule has 2 rings (SSSR count). The van der Waals surface area contributed by atoms with Gasteiger partial charge in [-0.1, -0.05) is 6.07 Å². The molecule has 0 bridgehead atoms. The van der Waals surface area contributed by atoms with Gasteiger partial charge in [-0.3, -0.25) is 9.67 Å². The van der Waals surface area contributed by atoms with E-state index in [4.69, 9.17) is 5.11 Å². The largest absolute Gasteiger partial charge is 0.477 e. The molecule has 0 spiro atoms. The summed E-state index contributed by atoms with van der Waals surface area (Å²) in [4.78, 5) is 15.4. The lowest BCUT2D eigenvalue weighted by atomic mass is 10.1. The van der Waals surface area contributed by atoms with Crippen LogP contribution in [0.1, 0.15) is 16.2 Å². The SMILES string of the molecule is Cc1cccc(-c2cnn(C)c2C(=O)O)n1. The molecule has 0 saturated carbocycles. The van der Waals surface area contributed by atoms with E-state index >= 15 is 0 Å². The van der Waals surface area contributed by atoms with Crippen LogP contribution in [0.4, 0.5) is 0 Å². The van der Waals surface area contributed by atoms with Gasteiger partial charge in [-0.25, -0.2) is 4.79 Å². The van der Waals surface area contributed by atoms with E-state index < -0.39 is 5.97 Å². The van der Waals surface area contributed by atoms with Gasteiger partial charge in [0, 0.05) is 12.7 Å². The fourth-order valence-electron chi connectivity index (χ4n) is 1.57. The van der Waals surface area contributed by atoms with Crippen molar-refractivity contribution in [2.24, 2.45) is 7.05 Å². The first-order valence-corrected chi connectivity index (χ1v) is 4.79. The lowest BCUT2D eigenvalue weighted by molar-refractivity contribution is 0.0686. The Morgan fingerprint density at radius 3 is 2.81 bits per heavy atom. The summed E-state index contributed by atoms with van der Waals surface area (Å²) in [6.07, 6.45) is 1.52. The normalized spacial score (nSPS) is 10.4. The van der Waals surface area contributed by atoms with Crippen molar-refractivity contribution in [2.75, 3.05) is 0 Å². The van der Waals surface area contributed by atoms with E-state index in [1.165, 1.54) is 10.9 Å². The van der Waals surface area contributed by atoms with Gasteiger partial charge in [0.05, 0.1) is 17.5 Å². The van der Waals surface area contributed by atoms with E-state index in [2.05, 4.69) is 10.1 Å². The van der Waals surface area contributed by atoms with Crippen molar-refractivity contribution in [2.45, 2.75) is 6.92 Å². The Labute approximate surface area is 92.4 Å². The van der Waals surface area contributed by atoms with Crippen molar-refractivity contribution in [3.8, 4) is 11.3 Å². The third kappa shape index (κ3) is 1.67. The Bertz CT molecular complexity index is 546. The zero-order chi connectivity index (χ0) is 11.7. The maximum atomic E-state index is 11.1. The third-order valence-corrected chi connectivity index (χ3v) is 2.31. The summed E-state index contributed by atoms with van der Waals surface area (Å²) in [5.74, 6) is -1.00. The molecular weight excluding hydrogens is 206 g/mol. The number of hydrogen-bond donors (Lipinski definition) is 1. The van der Waals surface area contributed by atoms with E-state index in [9.17, 15) is 4.79 Å². The molecular formula is C11H11N3O2. The quantitative estimate of drug-likeness (QED) is 0.827. The van der Waals surface area contributed by atoms with E-state index in [1.54, 1.807) is 13.1 Å². The highest BCUT2D eigenvalue weighted by Crippen LogP contribution is 2.21. The standard InChI is InChI=1S/C11H11N3O2/c1-7-4-3-5-9(13-7)8-6-12-14(2)10(8)11(15)16/h3-6H,1-2H3,(H,15,16). The predicted octanol–water partition coefficient (Wildman–Crippen LogP) is 1.49. The zero-order valence-electron chi connectivity index (χ0n) is 9.01. The molecule has 2 heterocycles. The minimum Gasteiger partial charge on any atom is -0.477 e. The topological polar surface area (TPSA) is 68.0 Å². The van der Waals surface area contributed by atoms with Gasteiger partial charge >= 0.3 is 5.97 Å². The average Bonchev–Trinajstić information content (AvgIpc) is 2.60. The molecule has 1 N–H and O–H groups in total. The van der Waals surface area contributed by atoms with Gasteiger partial charge in [-0.2, -0.15) is 5.10 Å². The molecule has 0 atom stereocenters. The molecule has 0 saturated heterocycles. The number of pyridine rings is 1. The molecule has 0 radical (unpaired) electrons. The van der Waals surface area contributed by atoms with Gasteiger partial charge in [-0.15, -0.1) is 0 Å². The number of aromatic nitrogens is 3. The first-order valence-electron chi connectivity index (χ1n) is 4.79. The van der Waals surface area contributed by atoms with Gasteiger partial charge in [0.2, 0.25) is 0 Å². The molecule has 0 amide bonds. The summed E-state index contributed by atoms with van der Waals surface area (Å²) < 4.78 is 1.34. The maximum absolute atomic E-state index is 11.1. The molecule has 5 nitrogen and oxygen atoms in total. The molecule has 16 heavy (non-hydrogen) atoms. The molecule has 82 valence electrons. The Hall–Kier alpha value is -2.17. The van der Waals surface area contributed by atoms with Crippen LogP contribution in [0.25, 0.3) is 11.3 Å². The van der Waals surface area contributed by atoms with Crippen LogP contribution in [0.15, 0.2) is 24.4 Å². The zero-order valence-corrected chi connectivity index (χ0v) is 9.01. The first-order chi connectivity index (χ1) is 7.59. The van der Waals surface area contributed by atoms with Gasteiger partial charge in [0.15, 0.2) is 5.69 Å². The van der Waals surface area contributed by atoms with Gasteiger partial charge in [0.25, 0.3) is 0 Å². The molecule has 0 aliphatic rings. The summed E-state index contributed by atoms with van der Waals surface area (Å²) in [6.45, 7) is 1.86. The number of carboxylic acid groups (broad SMARTS) is 1. The second kappa shape index (κ2) is 3.77. The minimum atomic E-state index is -1.00. The van der Waals surface area contributed by atoms with Gasteiger partial charge < -0.3 is 5.11 Å². The molecule has 0 aliphatic heterocycles. The van der Waals surface area contributed by atoms with Crippen LogP contribution in [0.2, 0.25) is 0 Å². The summed E-state index contributed by atoms with van der Waals surface area (Å²) in [5, 5.41) is 13.0. The summed E-state index contributed by atoms with van der Waals surface area (Å²) >= 11 is 0. The van der Waals surface area contributed by atoms with Crippen molar-refractivity contribution in [1.82, 2.24) is 14.8 Å². The fraction of sp³-hybridized carbons (Fsp3) is 0.182. The van der Waals surface area contributed by atoms with Gasteiger partial charge in [0.1, 0.15) is 0 Å². The van der Waals surface area contributed by atoms with E-state index in [0.29, 0.717) is 11.3 Å². The van der Waals surface area contributed by atoms with Crippen molar-refractivity contribution >= 4 is 5.97 Å². The molecule has 0 aromatic carbocycles. The smallest absolute Gasteiger partial charge is 0.354 e. The number of carbonyl (C=O) groups is 1. The second-order valence-corrected chi connectivity index (χ2v) is 3.50. The Morgan fingerprint density at radius 2 is 2.19 bits per heavy atom. The first kappa shape index (κ1) is 10.4. The van der Waals surface area contributed by atoms with Crippen LogP contribution >= 0.6 is 0 Å². The molecule has 0 unspecified atom stereocenters. The van der Waals surface area contributed by atoms with Crippen molar-refractivity contribution in [3.05, 3.63) is 35.8 Å². The lowest BCUT2D eigenvalue weighted by Crippen LogP contribution is -2.07. The average molecular weight is 217 g/mol. The summed E-state index contributed by atoms with van der Waals surface area (Å²) in [5.41, 5.74) is 2.17. The highest BCUT2D eigenvalue weighted by Gasteiger charge is 2.17. The summed E-state index contributed by atoms with van der Waals surface area (Å²) in [7, 11) is 1.60. The number of rotatable bonds is 2. The highest BCUT2D eigenvalue weighted by atomic mass is 16.4. The third-order valence-electron chi connectivity index (χ3n) is 2.31. The second-order valence-electron chi connectivity index (χ2n) is 3.50. The Morgan fingerprint density at radius 1 is 1.44 bits per heavy atom.